The van der Waals surface area contributed by atoms with Gasteiger partial charge in [-0.05, 0) is 92.9 Å². The fourth-order valence-corrected chi connectivity index (χ4v) is 9.67. The van der Waals surface area contributed by atoms with Gasteiger partial charge in [0.2, 0.25) is 11.8 Å². The van der Waals surface area contributed by atoms with Crippen molar-refractivity contribution in [1.29, 1.82) is 0 Å². The summed E-state index contributed by atoms with van der Waals surface area (Å²) < 4.78 is 26.1. The van der Waals surface area contributed by atoms with E-state index in [-0.39, 0.29) is 50.0 Å². The van der Waals surface area contributed by atoms with Gasteiger partial charge in [-0.3, -0.25) is 9.59 Å². The molecule has 55 heavy (non-hydrogen) atoms. The van der Waals surface area contributed by atoms with E-state index in [4.69, 9.17) is 24.1 Å². The monoisotopic (exact) mass is 762 g/mol. The second-order valence-corrected chi connectivity index (χ2v) is 17.7. The summed E-state index contributed by atoms with van der Waals surface area (Å²) in [6, 6.07) is 7.70. The number of rotatable bonds is 17. The molecule has 2 saturated heterocycles. The number of epoxide rings is 1. The molecule has 10 nitrogen and oxygen atoms in total. The topological polar surface area (TPSA) is 136 Å². The summed E-state index contributed by atoms with van der Waals surface area (Å²) in [5.41, 5.74) is 3.69. The maximum absolute atomic E-state index is 14.0. The van der Waals surface area contributed by atoms with Crippen molar-refractivity contribution in [3.05, 3.63) is 52.6 Å². The van der Waals surface area contributed by atoms with Crippen molar-refractivity contribution in [2.45, 2.75) is 167 Å². The highest BCUT2D eigenvalue weighted by molar-refractivity contribution is 5.94. The molecule has 6 rings (SSSR count). The van der Waals surface area contributed by atoms with E-state index in [1.165, 1.54) is 18.4 Å². The quantitative estimate of drug-likeness (QED) is 0.0841. The van der Waals surface area contributed by atoms with E-state index in [0.29, 0.717) is 34.5 Å². The largest absolute Gasteiger partial charge is 0.456 e. The Kier molecular flexibility index (Phi) is 13.6. The van der Waals surface area contributed by atoms with Gasteiger partial charge in [0.25, 0.3) is 0 Å². The van der Waals surface area contributed by atoms with Crippen LogP contribution in [0.2, 0.25) is 0 Å². The van der Waals surface area contributed by atoms with Crippen molar-refractivity contribution in [2.24, 2.45) is 17.3 Å². The third-order valence-electron chi connectivity index (χ3n) is 13.0. The van der Waals surface area contributed by atoms with E-state index in [1.54, 1.807) is 6.07 Å². The molecule has 0 radical (unpaired) electrons. The Morgan fingerprint density at radius 1 is 0.964 bits per heavy atom. The van der Waals surface area contributed by atoms with Gasteiger partial charge in [-0.2, -0.15) is 0 Å². The number of unbranched alkanes of at least 4 members (excludes halogenated alkanes) is 4. The second kappa shape index (κ2) is 18.0. The number of hydrogen-bond acceptors (Lipinski definition) is 8. The predicted molar refractivity (Wildman–Crippen MR) is 212 cm³/mol. The van der Waals surface area contributed by atoms with Crippen molar-refractivity contribution < 1.29 is 38.4 Å². The smallest absolute Gasteiger partial charge is 0.338 e. The van der Waals surface area contributed by atoms with Crippen molar-refractivity contribution in [3.63, 3.8) is 0 Å². The first-order valence-electron chi connectivity index (χ1n) is 21.3. The van der Waals surface area contributed by atoms with Crippen LogP contribution >= 0.6 is 0 Å². The summed E-state index contributed by atoms with van der Waals surface area (Å²) in [6.07, 6.45) is 16.0. The molecule has 3 N–H and O–H groups in total. The molecule has 0 bridgehead atoms. The van der Waals surface area contributed by atoms with Crippen LogP contribution in [0.15, 0.2) is 41.5 Å². The van der Waals surface area contributed by atoms with E-state index in [1.807, 2.05) is 18.2 Å². The SMILES string of the molecule is CCCCCC1(CCCCC)OC2C=C(C(=O)NCCC(=O)NCCO)CC(OC(=O)c3cccc(C=C4CCC5OC5(C)CCC5C4CC5(C)C)c3)C2O1. The zero-order chi connectivity index (χ0) is 39.2. The van der Waals surface area contributed by atoms with Crippen LogP contribution in [-0.4, -0.2) is 78.4 Å². The number of amides is 2. The molecule has 4 fully saturated rings. The molecular weight excluding hydrogens is 697 g/mol. The van der Waals surface area contributed by atoms with Gasteiger partial charge in [-0.25, -0.2) is 4.79 Å². The van der Waals surface area contributed by atoms with Crippen LogP contribution in [0.3, 0.4) is 0 Å². The maximum Gasteiger partial charge on any atom is 0.338 e. The molecule has 2 heterocycles. The molecule has 7 atom stereocenters. The lowest BCUT2D eigenvalue weighted by atomic mass is 9.52. The molecule has 304 valence electrons. The summed E-state index contributed by atoms with van der Waals surface area (Å²) in [7, 11) is 0. The third kappa shape index (κ3) is 10.1. The number of aliphatic hydroxyl groups is 1. The van der Waals surface area contributed by atoms with E-state index >= 15 is 0 Å². The first-order chi connectivity index (χ1) is 26.4. The van der Waals surface area contributed by atoms with Gasteiger partial charge in [0.05, 0.1) is 23.9 Å². The highest BCUT2D eigenvalue weighted by atomic mass is 16.8. The van der Waals surface area contributed by atoms with Gasteiger partial charge in [0.15, 0.2) is 5.79 Å². The van der Waals surface area contributed by atoms with Gasteiger partial charge in [0.1, 0.15) is 18.3 Å². The van der Waals surface area contributed by atoms with Crippen LogP contribution in [0.1, 0.15) is 147 Å². The third-order valence-corrected chi connectivity index (χ3v) is 13.0. The van der Waals surface area contributed by atoms with E-state index < -0.39 is 30.1 Å². The fourth-order valence-electron chi connectivity index (χ4n) is 9.67. The summed E-state index contributed by atoms with van der Waals surface area (Å²) in [6.45, 7) is 11.6. The maximum atomic E-state index is 14.0. The molecule has 1 aromatic carbocycles. The Hall–Kier alpha value is -3.05. The minimum Gasteiger partial charge on any atom is -0.456 e. The first-order valence-corrected chi connectivity index (χ1v) is 21.3. The Morgan fingerprint density at radius 3 is 2.44 bits per heavy atom. The molecule has 3 aliphatic carbocycles. The van der Waals surface area contributed by atoms with Gasteiger partial charge >= 0.3 is 5.97 Å². The van der Waals surface area contributed by atoms with Gasteiger partial charge < -0.3 is 34.7 Å². The number of carbonyl (C=O) groups excluding carboxylic acids is 3. The molecular formula is C45H66N2O8. The van der Waals surface area contributed by atoms with Crippen LogP contribution in [0.25, 0.3) is 6.08 Å². The number of hydrogen-bond donors (Lipinski definition) is 3. The summed E-state index contributed by atoms with van der Waals surface area (Å²) in [5.74, 6) is -0.676. The molecule has 2 aliphatic heterocycles. The van der Waals surface area contributed by atoms with Gasteiger partial charge in [-0.15, -0.1) is 0 Å². The lowest BCUT2D eigenvalue weighted by Gasteiger charge is -2.53. The summed E-state index contributed by atoms with van der Waals surface area (Å²) >= 11 is 0. The Morgan fingerprint density at radius 2 is 1.73 bits per heavy atom. The highest BCUT2D eigenvalue weighted by Gasteiger charge is 2.56. The van der Waals surface area contributed by atoms with E-state index in [9.17, 15) is 14.4 Å². The van der Waals surface area contributed by atoms with Crippen molar-refractivity contribution in [3.8, 4) is 0 Å². The van der Waals surface area contributed by atoms with Gasteiger partial charge in [-0.1, -0.05) is 77.2 Å². The highest BCUT2D eigenvalue weighted by Crippen LogP contribution is 2.59. The lowest BCUT2D eigenvalue weighted by molar-refractivity contribution is -0.190. The second-order valence-electron chi connectivity index (χ2n) is 17.7. The average Bonchev–Trinajstić information content (AvgIpc) is 3.64. The van der Waals surface area contributed by atoms with Crippen LogP contribution in [-0.2, 0) is 28.5 Å². The van der Waals surface area contributed by atoms with Crippen LogP contribution in [0.5, 0.6) is 0 Å². The Labute approximate surface area is 328 Å². The molecule has 0 aromatic heterocycles. The molecule has 0 spiro atoms. The predicted octanol–water partition coefficient (Wildman–Crippen LogP) is 7.58. The number of benzene rings is 1. The number of nitrogens with one attached hydrogen (secondary N) is 2. The molecule has 10 heteroatoms. The van der Waals surface area contributed by atoms with Crippen molar-refractivity contribution in [1.82, 2.24) is 10.6 Å². The molecule has 7 unspecified atom stereocenters. The minimum atomic E-state index is -0.809. The Balaban J connectivity index is 1.19. The number of aliphatic hydroxyl groups excluding tert-OH is 1. The molecule has 1 aromatic rings. The summed E-state index contributed by atoms with van der Waals surface area (Å²) in [5, 5.41) is 14.4. The number of carbonyl (C=O) groups is 3. The fraction of sp³-hybridized carbons (Fsp3) is 0.711. The number of ether oxygens (including phenoxy) is 4. The average molecular weight is 763 g/mol. The molecule has 5 aliphatic rings. The van der Waals surface area contributed by atoms with Crippen molar-refractivity contribution in [2.75, 3.05) is 19.7 Å². The normalized spacial score (nSPS) is 30.9. The number of esters is 1. The number of fused-ring (bicyclic) bond motifs is 3. The molecule has 2 amide bonds. The number of allylic oxidation sites excluding steroid dienone is 1. The van der Waals surface area contributed by atoms with Crippen molar-refractivity contribution >= 4 is 23.9 Å². The zero-order valence-corrected chi connectivity index (χ0v) is 34.0. The van der Waals surface area contributed by atoms with E-state index in [2.05, 4.69) is 57.4 Å². The standard InChI is InChI=1S/C45H66N2O8/c1-6-8-10-19-45(20-11-9-7-2)53-37-28-33(41(50)47-22-18-39(49)46-23-24-48)27-36(40(37)55-45)52-42(51)32-14-12-13-30(26-32)25-31-15-16-38-44(5,54-38)21-17-35-34(31)29-43(35,3)4/h12-14,25-26,28,34-38,40,48H,6-11,15-24,27,29H2,1-5H3,(H,46,49)(H,47,50). The Bertz CT molecular complexity index is 1580. The van der Waals surface area contributed by atoms with Crippen LogP contribution < -0.4 is 10.6 Å². The van der Waals surface area contributed by atoms with Crippen LogP contribution in [0, 0.1) is 17.3 Å². The summed E-state index contributed by atoms with van der Waals surface area (Å²) in [4.78, 5) is 39.6. The minimum absolute atomic E-state index is 0.0269. The van der Waals surface area contributed by atoms with E-state index in [0.717, 1.165) is 76.2 Å². The van der Waals surface area contributed by atoms with Crippen LogP contribution in [0.4, 0.5) is 0 Å². The lowest BCUT2D eigenvalue weighted by Crippen LogP contribution is -2.45. The first kappa shape index (κ1) is 41.6. The van der Waals surface area contributed by atoms with Gasteiger partial charge in [0, 0.05) is 44.3 Å². The molecule has 2 saturated carbocycles. The zero-order valence-electron chi connectivity index (χ0n) is 34.0.